The average Bonchev–Trinajstić information content (AvgIpc) is 3.14. The van der Waals surface area contributed by atoms with Crippen LogP contribution in [0.15, 0.2) is 48.5 Å². The van der Waals surface area contributed by atoms with Crippen LogP contribution < -0.4 is 9.47 Å². The van der Waals surface area contributed by atoms with Gasteiger partial charge in [-0.25, -0.2) is 0 Å². The van der Waals surface area contributed by atoms with E-state index < -0.39 is 0 Å². The second-order valence-electron chi connectivity index (χ2n) is 6.72. The Kier molecular flexibility index (Phi) is 7.05. The van der Waals surface area contributed by atoms with Crippen molar-refractivity contribution in [3.8, 4) is 22.6 Å². The van der Waals surface area contributed by atoms with Crippen LogP contribution in [0.5, 0.6) is 11.5 Å². The zero-order chi connectivity index (χ0) is 17.2. The third-order valence-electron chi connectivity index (χ3n) is 4.91. The van der Waals surface area contributed by atoms with Crippen molar-refractivity contribution in [3.05, 3.63) is 54.2 Å². The van der Waals surface area contributed by atoms with Crippen molar-refractivity contribution >= 4 is 23.3 Å². The molecule has 144 valence electrons. The first-order valence-electron chi connectivity index (χ1n) is 8.96. The molecule has 0 radical (unpaired) electrons. The summed E-state index contributed by atoms with van der Waals surface area (Å²) in [6, 6.07) is 16.6. The number of pyridine rings is 1. The smallest absolute Gasteiger partial charge is 0.162 e. The molecule has 4 rings (SSSR count). The van der Waals surface area contributed by atoms with Gasteiger partial charge >= 0.3 is 0 Å². The lowest BCUT2D eigenvalue weighted by Crippen LogP contribution is -2.11. The summed E-state index contributed by atoms with van der Waals surface area (Å²) in [7, 11) is 1.70. The molecule has 0 bridgehead atoms. The van der Waals surface area contributed by atoms with Gasteiger partial charge in [-0.15, -0.1) is 12.4 Å². The van der Waals surface area contributed by atoms with Crippen LogP contribution >= 0.6 is 12.4 Å². The van der Waals surface area contributed by atoms with Gasteiger partial charge in [0.15, 0.2) is 11.5 Å². The third kappa shape index (κ3) is 4.34. The molecule has 3 aromatic rings. The highest BCUT2D eigenvalue weighted by Crippen LogP contribution is 2.37. The fraction of sp³-hybridized carbons (Fsp3) is 0.318. The van der Waals surface area contributed by atoms with Crippen LogP contribution in [0.3, 0.4) is 0 Å². The number of methoxy groups -OCH3 is 1. The summed E-state index contributed by atoms with van der Waals surface area (Å²) in [5.41, 5.74) is 4.35. The van der Waals surface area contributed by atoms with Crippen LogP contribution in [0, 0.1) is 6.92 Å². The first-order valence-corrected chi connectivity index (χ1v) is 8.96. The van der Waals surface area contributed by atoms with E-state index in [1.54, 1.807) is 7.11 Å². The number of rotatable bonds is 4. The second-order valence-corrected chi connectivity index (χ2v) is 6.72. The Morgan fingerprint density at radius 1 is 0.963 bits per heavy atom. The maximum Gasteiger partial charge on any atom is 0.162 e. The predicted molar refractivity (Wildman–Crippen MR) is 112 cm³/mol. The van der Waals surface area contributed by atoms with E-state index in [-0.39, 0.29) is 17.9 Å². The topological polar surface area (TPSA) is 62.9 Å². The SMILES string of the molecule is COc1ccc(-c2cc(C)nc3ccccc23)cc1OC1CCCC1.Cl.O. The number of aryl methyl sites for hydroxylation is 1. The van der Waals surface area contributed by atoms with Crippen LogP contribution in [0.4, 0.5) is 0 Å². The minimum atomic E-state index is 0. The van der Waals surface area contributed by atoms with E-state index in [2.05, 4.69) is 41.4 Å². The number of hydrogen-bond donors (Lipinski definition) is 0. The third-order valence-corrected chi connectivity index (χ3v) is 4.91. The van der Waals surface area contributed by atoms with Gasteiger partial charge in [-0.3, -0.25) is 4.98 Å². The van der Waals surface area contributed by atoms with Crippen molar-refractivity contribution in [2.24, 2.45) is 0 Å². The number of ether oxygens (including phenoxy) is 2. The van der Waals surface area contributed by atoms with Crippen LogP contribution in [0.1, 0.15) is 31.4 Å². The number of benzene rings is 2. The van der Waals surface area contributed by atoms with Gasteiger partial charge in [-0.1, -0.05) is 24.3 Å². The Balaban J connectivity index is 0.00000131. The number of halogens is 1. The minimum Gasteiger partial charge on any atom is -0.493 e. The fourth-order valence-corrected chi connectivity index (χ4v) is 3.67. The summed E-state index contributed by atoms with van der Waals surface area (Å²) >= 11 is 0. The number of hydrogen-bond acceptors (Lipinski definition) is 3. The molecule has 0 unspecified atom stereocenters. The number of fused-ring (bicyclic) bond motifs is 1. The van der Waals surface area contributed by atoms with Crippen molar-refractivity contribution in [1.82, 2.24) is 4.98 Å². The lowest BCUT2D eigenvalue weighted by molar-refractivity contribution is 0.201. The van der Waals surface area contributed by atoms with Gasteiger partial charge in [0.05, 0.1) is 18.7 Å². The van der Waals surface area contributed by atoms with Gasteiger partial charge in [0.25, 0.3) is 0 Å². The van der Waals surface area contributed by atoms with E-state index in [1.165, 1.54) is 18.4 Å². The maximum atomic E-state index is 6.26. The number of para-hydroxylation sites is 1. The Bertz CT molecular complexity index is 907. The molecule has 0 amide bonds. The van der Waals surface area contributed by atoms with Gasteiger partial charge in [-0.05, 0) is 68.0 Å². The molecule has 5 heteroatoms. The van der Waals surface area contributed by atoms with E-state index in [9.17, 15) is 0 Å². The second kappa shape index (κ2) is 9.07. The normalized spacial score (nSPS) is 13.7. The molecule has 1 fully saturated rings. The van der Waals surface area contributed by atoms with Crippen LogP contribution in [0.25, 0.3) is 22.0 Å². The molecule has 1 aromatic heterocycles. The molecule has 27 heavy (non-hydrogen) atoms. The molecule has 1 aliphatic rings. The molecule has 0 atom stereocenters. The molecule has 1 aliphatic carbocycles. The van der Waals surface area contributed by atoms with E-state index in [0.29, 0.717) is 6.10 Å². The van der Waals surface area contributed by atoms with Gasteiger partial charge < -0.3 is 14.9 Å². The van der Waals surface area contributed by atoms with Gasteiger partial charge in [0, 0.05) is 11.1 Å². The van der Waals surface area contributed by atoms with Crippen LogP contribution in [0.2, 0.25) is 0 Å². The molecule has 4 nitrogen and oxygen atoms in total. The summed E-state index contributed by atoms with van der Waals surface area (Å²) in [5, 5.41) is 1.16. The fourth-order valence-electron chi connectivity index (χ4n) is 3.67. The van der Waals surface area contributed by atoms with Crippen molar-refractivity contribution in [2.75, 3.05) is 7.11 Å². The molecule has 1 heterocycles. The standard InChI is InChI=1S/C22H23NO2.ClH.H2O/c1-15-13-19(18-9-5-6-10-20(18)23-15)16-11-12-21(24-2)22(14-16)25-17-7-3-4-8-17;;/h5-6,9-14,17H,3-4,7-8H2,1-2H3;1H;1H2. The van der Waals surface area contributed by atoms with Crippen molar-refractivity contribution in [3.63, 3.8) is 0 Å². The molecule has 1 saturated carbocycles. The molecular formula is C22H26ClNO3. The van der Waals surface area contributed by atoms with Gasteiger partial charge in [0.1, 0.15) is 0 Å². The first kappa shape index (κ1) is 21.0. The van der Waals surface area contributed by atoms with E-state index in [0.717, 1.165) is 46.5 Å². The van der Waals surface area contributed by atoms with Crippen LogP contribution in [-0.2, 0) is 0 Å². The molecule has 0 spiro atoms. The highest BCUT2D eigenvalue weighted by atomic mass is 35.5. The lowest BCUT2D eigenvalue weighted by Gasteiger charge is -2.17. The molecule has 0 saturated heterocycles. The van der Waals surface area contributed by atoms with Gasteiger partial charge in [0.2, 0.25) is 0 Å². The van der Waals surface area contributed by atoms with E-state index in [4.69, 9.17) is 9.47 Å². The summed E-state index contributed by atoms with van der Waals surface area (Å²) in [4.78, 5) is 4.65. The quantitative estimate of drug-likeness (QED) is 0.622. The maximum absolute atomic E-state index is 6.26. The Labute approximate surface area is 166 Å². The highest BCUT2D eigenvalue weighted by Gasteiger charge is 2.19. The van der Waals surface area contributed by atoms with E-state index >= 15 is 0 Å². The Hall–Kier alpha value is -2.30. The monoisotopic (exact) mass is 387 g/mol. The summed E-state index contributed by atoms with van der Waals surface area (Å²) in [5.74, 6) is 1.64. The van der Waals surface area contributed by atoms with Crippen molar-refractivity contribution in [2.45, 2.75) is 38.7 Å². The van der Waals surface area contributed by atoms with E-state index in [1.807, 2.05) is 19.1 Å². The molecular weight excluding hydrogens is 362 g/mol. The predicted octanol–water partition coefficient (Wildman–Crippen LogP) is 5.14. The van der Waals surface area contributed by atoms with Crippen LogP contribution in [-0.4, -0.2) is 23.7 Å². The molecule has 2 aromatic carbocycles. The lowest BCUT2D eigenvalue weighted by atomic mass is 10.00. The molecule has 0 aliphatic heterocycles. The average molecular weight is 388 g/mol. The zero-order valence-corrected chi connectivity index (χ0v) is 16.5. The number of aromatic nitrogens is 1. The zero-order valence-electron chi connectivity index (χ0n) is 15.7. The largest absolute Gasteiger partial charge is 0.493 e. The number of nitrogens with zero attached hydrogens (tertiary/aromatic N) is 1. The van der Waals surface area contributed by atoms with Crippen molar-refractivity contribution < 1.29 is 14.9 Å². The highest BCUT2D eigenvalue weighted by molar-refractivity contribution is 5.95. The minimum absolute atomic E-state index is 0. The summed E-state index contributed by atoms with van der Waals surface area (Å²) in [6.07, 6.45) is 5.07. The molecule has 2 N–H and O–H groups in total. The van der Waals surface area contributed by atoms with Crippen molar-refractivity contribution in [1.29, 1.82) is 0 Å². The summed E-state index contributed by atoms with van der Waals surface area (Å²) < 4.78 is 11.8. The van der Waals surface area contributed by atoms with Gasteiger partial charge in [-0.2, -0.15) is 0 Å². The first-order chi connectivity index (χ1) is 12.2. The Morgan fingerprint density at radius 3 is 2.44 bits per heavy atom. The summed E-state index contributed by atoms with van der Waals surface area (Å²) in [6.45, 7) is 2.04. The Morgan fingerprint density at radius 2 is 1.70 bits per heavy atom.